The Morgan fingerprint density at radius 3 is 2.73 bits per heavy atom. The lowest BCUT2D eigenvalue weighted by Gasteiger charge is -2.13. The molecule has 0 atom stereocenters. The van der Waals surface area contributed by atoms with Crippen LogP contribution in [0.3, 0.4) is 0 Å². The van der Waals surface area contributed by atoms with Gasteiger partial charge in [-0.3, -0.25) is 4.99 Å². The Morgan fingerprint density at radius 1 is 1.36 bits per heavy atom. The van der Waals surface area contributed by atoms with Crippen LogP contribution in [0.15, 0.2) is 11.3 Å². The van der Waals surface area contributed by atoms with Crippen molar-refractivity contribution < 1.29 is 4.74 Å². The molecule has 1 aromatic heterocycles. The molecule has 0 saturated heterocycles. The fraction of sp³-hybridized carbons (Fsp3) is 0.786. The van der Waals surface area contributed by atoms with Gasteiger partial charge in [-0.15, -0.1) is 34.2 Å². The summed E-state index contributed by atoms with van der Waals surface area (Å²) < 4.78 is 7.57. The smallest absolute Gasteiger partial charge is 0.191 e. The van der Waals surface area contributed by atoms with Crippen LogP contribution in [0, 0.1) is 5.92 Å². The van der Waals surface area contributed by atoms with Gasteiger partial charge in [-0.1, -0.05) is 20.8 Å². The summed E-state index contributed by atoms with van der Waals surface area (Å²) in [5.41, 5.74) is 0. The fourth-order valence-corrected chi connectivity index (χ4v) is 1.82. The maximum Gasteiger partial charge on any atom is 0.191 e. The lowest BCUT2D eigenvalue weighted by molar-refractivity contribution is 0.114. The first-order valence-electron chi connectivity index (χ1n) is 7.56. The summed E-state index contributed by atoms with van der Waals surface area (Å²) in [7, 11) is 1.76. The van der Waals surface area contributed by atoms with Gasteiger partial charge in [0, 0.05) is 39.7 Å². The average Bonchev–Trinajstić information content (AvgIpc) is 2.92. The minimum atomic E-state index is 0. The Bertz CT molecular complexity index is 421. The second-order valence-corrected chi connectivity index (χ2v) is 5.19. The number of hydrogen-bond acceptors (Lipinski definition) is 4. The van der Waals surface area contributed by atoms with Gasteiger partial charge < -0.3 is 19.9 Å². The van der Waals surface area contributed by atoms with Crippen molar-refractivity contribution in [1.82, 2.24) is 25.4 Å². The molecular formula is C14H29IN6O. The number of rotatable bonds is 9. The highest BCUT2D eigenvalue weighted by Crippen LogP contribution is 1.94. The molecule has 0 aliphatic rings. The van der Waals surface area contributed by atoms with Crippen LogP contribution >= 0.6 is 24.0 Å². The maximum atomic E-state index is 5.52. The van der Waals surface area contributed by atoms with E-state index in [1.165, 1.54) is 0 Å². The van der Waals surface area contributed by atoms with E-state index in [9.17, 15) is 0 Å². The monoisotopic (exact) mass is 424 g/mol. The summed E-state index contributed by atoms with van der Waals surface area (Å²) in [4.78, 5) is 4.18. The van der Waals surface area contributed by atoms with E-state index in [2.05, 4.69) is 46.6 Å². The van der Waals surface area contributed by atoms with Crippen molar-refractivity contribution in [3.8, 4) is 0 Å². The first-order chi connectivity index (χ1) is 10.2. The number of nitrogens with zero attached hydrogens (tertiary/aromatic N) is 4. The molecule has 0 aromatic carbocycles. The van der Waals surface area contributed by atoms with Crippen molar-refractivity contribution in [2.75, 3.05) is 33.4 Å². The van der Waals surface area contributed by atoms with E-state index in [4.69, 9.17) is 4.74 Å². The standard InChI is InChI=1S/C14H28N6O.HI/c1-5-13-19-18-11-20(13)8-6-16-14(15-4)17-7-9-21-10-12(2)3;/h11-12H,5-10H2,1-4H3,(H2,15,16,17);1H. The summed E-state index contributed by atoms with van der Waals surface area (Å²) in [6.07, 6.45) is 2.65. The van der Waals surface area contributed by atoms with E-state index in [1.807, 2.05) is 4.57 Å². The van der Waals surface area contributed by atoms with Gasteiger partial charge in [0.1, 0.15) is 12.2 Å². The zero-order valence-electron chi connectivity index (χ0n) is 14.0. The van der Waals surface area contributed by atoms with Crippen LogP contribution < -0.4 is 10.6 Å². The van der Waals surface area contributed by atoms with Crippen LogP contribution in [0.5, 0.6) is 0 Å². The zero-order chi connectivity index (χ0) is 15.5. The largest absolute Gasteiger partial charge is 0.379 e. The molecule has 1 rings (SSSR count). The van der Waals surface area contributed by atoms with Crippen LogP contribution in [-0.2, 0) is 17.7 Å². The lowest BCUT2D eigenvalue weighted by Crippen LogP contribution is -2.40. The highest BCUT2D eigenvalue weighted by Gasteiger charge is 2.02. The molecule has 0 fully saturated rings. The van der Waals surface area contributed by atoms with Gasteiger partial charge in [0.05, 0.1) is 6.61 Å². The third kappa shape index (κ3) is 8.52. The number of aryl methyl sites for hydroxylation is 1. The molecule has 0 unspecified atom stereocenters. The predicted octanol–water partition coefficient (Wildman–Crippen LogP) is 1.30. The van der Waals surface area contributed by atoms with Crippen molar-refractivity contribution in [3.63, 3.8) is 0 Å². The Kier molecular flexibility index (Phi) is 12.1. The first-order valence-corrected chi connectivity index (χ1v) is 7.56. The Labute approximate surface area is 150 Å². The minimum absolute atomic E-state index is 0. The van der Waals surface area contributed by atoms with Gasteiger partial charge in [0.2, 0.25) is 0 Å². The first kappa shape index (κ1) is 21.1. The molecule has 0 aliphatic heterocycles. The number of nitrogens with one attached hydrogen (secondary N) is 2. The molecule has 0 spiro atoms. The van der Waals surface area contributed by atoms with E-state index in [0.717, 1.165) is 44.4 Å². The molecule has 0 bridgehead atoms. The topological polar surface area (TPSA) is 76.4 Å². The van der Waals surface area contributed by atoms with Crippen LogP contribution in [0.4, 0.5) is 0 Å². The predicted molar refractivity (Wildman–Crippen MR) is 99.8 cm³/mol. The molecule has 0 radical (unpaired) electrons. The third-order valence-electron chi connectivity index (χ3n) is 2.87. The van der Waals surface area contributed by atoms with Gasteiger partial charge in [-0.25, -0.2) is 0 Å². The number of guanidine groups is 1. The van der Waals surface area contributed by atoms with Crippen LogP contribution in [-0.4, -0.2) is 54.1 Å². The molecule has 1 heterocycles. The van der Waals surface area contributed by atoms with Crippen LogP contribution in [0.25, 0.3) is 0 Å². The number of ether oxygens (including phenoxy) is 1. The molecule has 7 nitrogen and oxygen atoms in total. The van der Waals surface area contributed by atoms with Crippen molar-refractivity contribution in [3.05, 3.63) is 12.2 Å². The SMILES string of the molecule is CCc1nncn1CCNC(=NC)NCCOCC(C)C.I. The van der Waals surface area contributed by atoms with Gasteiger partial charge in [0.25, 0.3) is 0 Å². The molecule has 22 heavy (non-hydrogen) atoms. The van der Waals surface area contributed by atoms with Gasteiger partial charge >= 0.3 is 0 Å². The molecule has 128 valence electrons. The fourth-order valence-electron chi connectivity index (χ4n) is 1.82. The molecule has 8 heteroatoms. The zero-order valence-corrected chi connectivity index (χ0v) is 16.3. The summed E-state index contributed by atoms with van der Waals surface area (Å²) in [5, 5.41) is 14.5. The number of aromatic nitrogens is 3. The van der Waals surface area contributed by atoms with E-state index < -0.39 is 0 Å². The molecule has 0 aliphatic carbocycles. The Morgan fingerprint density at radius 2 is 2.09 bits per heavy atom. The molecular weight excluding hydrogens is 395 g/mol. The maximum absolute atomic E-state index is 5.52. The van der Waals surface area contributed by atoms with Crippen LogP contribution in [0.2, 0.25) is 0 Å². The molecule has 2 N–H and O–H groups in total. The Balaban J connectivity index is 0.00000441. The molecule has 0 amide bonds. The van der Waals surface area contributed by atoms with Gasteiger partial charge in [-0.2, -0.15) is 0 Å². The summed E-state index contributed by atoms with van der Waals surface area (Å²) in [5.74, 6) is 2.36. The molecule has 0 saturated carbocycles. The highest BCUT2D eigenvalue weighted by atomic mass is 127. The summed E-state index contributed by atoms with van der Waals surface area (Å²) >= 11 is 0. The van der Waals surface area contributed by atoms with E-state index in [0.29, 0.717) is 12.5 Å². The van der Waals surface area contributed by atoms with Gasteiger partial charge in [0.15, 0.2) is 5.96 Å². The lowest BCUT2D eigenvalue weighted by atomic mass is 10.2. The summed E-state index contributed by atoms with van der Waals surface area (Å²) in [6, 6.07) is 0. The number of halogens is 1. The second-order valence-electron chi connectivity index (χ2n) is 5.19. The van der Waals surface area contributed by atoms with Gasteiger partial charge in [-0.05, 0) is 5.92 Å². The van der Waals surface area contributed by atoms with Crippen molar-refractivity contribution in [2.45, 2.75) is 33.7 Å². The number of aliphatic imine (C=N–C) groups is 1. The molecule has 1 aromatic rings. The van der Waals surface area contributed by atoms with Crippen molar-refractivity contribution in [1.29, 1.82) is 0 Å². The number of hydrogen-bond donors (Lipinski definition) is 2. The quantitative estimate of drug-likeness (QED) is 0.271. The van der Waals surface area contributed by atoms with E-state index >= 15 is 0 Å². The highest BCUT2D eigenvalue weighted by molar-refractivity contribution is 14.0. The van der Waals surface area contributed by atoms with E-state index in [1.54, 1.807) is 13.4 Å². The van der Waals surface area contributed by atoms with Crippen molar-refractivity contribution >= 4 is 29.9 Å². The minimum Gasteiger partial charge on any atom is -0.379 e. The average molecular weight is 424 g/mol. The third-order valence-corrected chi connectivity index (χ3v) is 2.87. The van der Waals surface area contributed by atoms with Crippen LogP contribution in [0.1, 0.15) is 26.6 Å². The summed E-state index contributed by atoms with van der Waals surface area (Å²) in [6.45, 7) is 10.2. The Hall–Kier alpha value is -0.900. The normalized spacial score (nSPS) is 11.4. The van der Waals surface area contributed by atoms with Crippen molar-refractivity contribution in [2.24, 2.45) is 10.9 Å². The second kappa shape index (κ2) is 12.6. The van der Waals surface area contributed by atoms with E-state index in [-0.39, 0.29) is 24.0 Å².